The van der Waals surface area contributed by atoms with Crippen molar-refractivity contribution in [3.05, 3.63) is 83.1 Å². The Morgan fingerprint density at radius 2 is 1.81 bits per heavy atom. The fraction of sp³-hybridized carbons (Fsp3) is 0.333. The highest BCUT2D eigenvalue weighted by molar-refractivity contribution is 5.81. The van der Waals surface area contributed by atoms with Gasteiger partial charge in [-0.15, -0.1) is 26.6 Å². The van der Waals surface area contributed by atoms with Gasteiger partial charge in [0, 0.05) is 17.9 Å². The number of nitrogens with zero attached hydrogens (tertiary/aromatic N) is 6. The molecule has 1 N–H and O–H groups in total. The molecule has 0 aliphatic heterocycles. The molecular formula is C27H29N7O2. The van der Waals surface area contributed by atoms with Crippen molar-refractivity contribution in [2.45, 2.75) is 51.5 Å². The second-order valence-electron chi connectivity index (χ2n) is 9.18. The first kappa shape index (κ1) is 23.6. The van der Waals surface area contributed by atoms with Gasteiger partial charge in [0.2, 0.25) is 5.82 Å². The number of hydrogen-bond donors (Lipinski definition) is 1. The van der Waals surface area contributed by atoms with E-state index in [4.69, 9.17) is 0 Å². The van der Waals surface area contributed by atoms with E-state index in [9.17, 15) is 9.59 Å². The summed E-state index contributed by atoms with van der Waals surface area (Å²) in [6, 6.07) is 15.9. The van der Waals surface area contributed by atoms with Crippen molar-refractivity contribution < 1.29 is 4.79 Å². The summed E-state index contributed by atoms with van der Waals surface area (Å²) in [6.45, 7) is 4.13. The van der Waals surface area contributed by atoms with Gasteiger partial charge in [-0.1, -0.05) is 73.9 Å². The predicted molar refractivity (Wildman–Crippen MR) is 136 cm³/mol. The quantitative estimate of drug-likeness (QED) is 0.375. The van der Waals surface area contributed by atoms with Crippen molar-refractivity contribution in [3.8, 4) is 22.5 Å². The molecule has 9 nitrogen and oxygen atoms in total. The minimum absolute atomic E-state index is 0.120. The Hall–Kier alpha value is -4.14. The van der Waals surface area contributed by atoms with E-state index in [-0.39, 0.29) is 17.5 Å². The summed E-state index contributed by atoms with van der Waals surface area (Å²) >= 11 is 0. The Morgan fingerprint density at radius 3 is 2.50 bits per heavy atom. The van der Waals surface area contributed by atoms with Crippen LogP contribution in [0.1, 0.15) is 54.7 Å². The van der Waals surface area contributed by atoms with Crippen LogP contribution in [0.4, 0.5) is 0 Å². The molecule has 5 rings (SSSR count). The summed E-state index contributed by atoms with van der Waals surface area (Å²) in [5.41, 5.74) is 3.45. The second-order valence-corrected chi connectivity index (χ2v) is 9.18. The summed E-state index contributed by atoms with van der Waals surface area (Å²) in [4.78, 5) is 26.4. The van der Waals surface area contributed by atoms with Gasteiger partial charge in [0.25, 0.3) is 5.91 Å². The van der Waals surface area contributed by atoms with Crippen LogP contribution >= 0.6 is 0 Å². The maximum atomic E-state index is 13.3. The zero-order valence-electron chi connectivity index (χ0n) is 20.1. The number of aromatic amines is 1. The van der Waals surface area contributed by atoms with E-state index in [1.165, 1.54) is 0 Å². The molecule has 0 atom stereocenters. The Morgan fingerprint density at radius 1 is 1.06 bits per heavy atom. The molecule has 0 amide bonds. The van der Waals surface area contributed by atoms with Crippen molar-refractivity contribution in [2.75, 3.05) is 0 Å². The van der Waals surface area contributed by atoms with Crippen LogP contribution in [-0.4, -0.2) is 40.9 Å². The molecule has 2 aromatic carbocycles. The van der Waals surface area contributed by atoms with Crippen LogP contribution in [0.5, 0.6) is 0 Å². The van der Waals surface area contributed by atoms with Crippen LogP contribution in [0.15, 0.2) is 66.0 Å². The normalized spacial score (nSPS) is 14.1. The highest BCUT2D eigenvalue weighted by Crippen LogP contribution is 2.30. The molecular weight excluding hydrogens is 454 g/mol. The van der Waals surface area contributed by atoms with E-state index in [0.29, 0.717) is 31.0 Å². The van der Waals surface area contributed by atoms with Crippen molar-refractivity contribution in [1.29, 1.82) is 0 Å². The van der Waals surface area contributed by atoms with Gasteiger partial charge in [-0.05, 0) is 41.2 Å². The molecule has 1 aliphatic rings. The SMILES string of the molecule is C=CCCc1nn(C(=O)C2CCCCC2)c(=O)n1Cc1ccc(-c2ccccc2-c2nn[nH]n2)cc1. The van der Waals surface area contributed by atoms with E-state index in [2.05, 4.69) is 32.3 Å². The first-order chi connectivity index (χ1) is 17.7. The Kier molecular flexibility index (Phi) is 6.97. The van der Waals surface area contributed by atoms with Gasteiger partial charge in [-0.2, -0.15) is 5.21 Å². The van der Waals surface area contributed by atoms with Crippen LogP contribution in [0, 0.1) is 5.92 Å². The lowest BCUT2D eigenvalue weighted by atomic mass is 9.89. The molecule has 1 aliphatic carbocycles. The molecule has 1 fully saturated rings. The molecule has 0 unspecified atom stereocenters. The van der Waals surface area contributed by atoms with E-state index in [1.807, 2.05) is 48.5 Å². The average Bonchev–Trinajstić information content (AvgIpc) is 3.57. The summed E-state index contributed by atoms with van der Waals surface area (Å²) in [5, 5.41) is 18.9. The minimum atomic E-state index is -0.365. The zero-order chi connectivity index (χ0) is 24.9. The summed E-state index contributed by atoms with van der Waals surface area (Å²) in [5.74, 6) is 0.844. The molecule has 0 saturated heterocycles. The molecule has 36 heavy (non-hydrogen) atoms. The Bertz CT molecular complexity index is 1390. The van der Waals surface area contributed by atoms with Crippen LogP contribution < -0.4 is 5.69 Å². The molecule has 184 valence electrons. The van der Waals surface area contributed by atoms with Crippen LogP contribution in [0.3, 0.4) is 0 Å². The van der Waals surface area contributed by atoms with Gasteiger partial charge in [0.05, 0.1) is 6.54 Å². The third-order valence-electron chi connectivity index (χ3n) is 6.79. The Labute approximate surface area is 208 Å². The van der Waals surface area contributed by atoms with Gasteiger partial charge >= 0.3 is 5.69 Å². The third kappa shape index (κ3) is 4.82. The van der Waals surface area contributed by atoms with Crippen molar-refractivity contribution in [2.24, 2.45) is 5.92 Å². The molecule has 0 bridgehead atoms. The van der Waals surface area contributed by atoms with Crippen molar-refractivity contribution >= 4 is 5.91 Å². The van der Waals surface area contributed by atoms with Crippen LogP contribution in [0.25, 0.3) is 22.5 Å². The first-order valence-electron chi connectivity index (χ1n) is 12.4. The number of tetrazole rings is 1. The average molecular weight is 484 g/mol. The molecule has 4 aromatic rings. The lowest BCUT2D eigenvalue weighted by Crippen LogP contribution is -2.35. The third-order valence-corrected chi connectivity index (χ3v) is 6.79. The number of aryl methyl sites for hydroxylation is 1. The van der Waals surface area contributed by atoms with Crippen LogP contribution in [0.2, 0.25) is 0 Å². The van der Waals surface area contributed by atoms with E-state index in [0.717, 1.165) is 59.0 Å². The minimum Gasteiger partial charge on any atom is -0.274 e. The van der Waals surface area contributed by atoms with E-state index in [1.54, 1.807) is 10.6 Å². The lowest BCUT2D eigenvalue weighted by Gasteiger charge is -2.19. The van der Waals surface area contributed by atoms with Crippen molar-refractivity contribution in [3.63, 3.8) is 0 Å². The smallest absolute Gasteiger partial charge is 0.274 e. The van der Waals surface area contributed by atoms with Crippen molar-refractivity contribution in [1.82, 2.24) is 35.0 Å². The number of H-pyrrole nitrogens is 1. The number of aromatic nitrogens is 7. The lowest BCUT2D eigenvalue weighted by molar-refractivity contribution is 0.0778. The van der Waals surface area contributed by atoms with Gasteiger partial charge < -0.3 is 0 Å². The molecule has 2 aromatic heterocycles. The van der Waals surface area contributed by atoms with E-state index < -0.39 is 0 Å². The number of allylic oxidation sites excluding steroid dienone is 1. The number of rotatable bonds is 8. The summed E-state index contributed by atoms with van der Waals surface area (Å²) in [6.07, 6.45) is 7.88. The standard InChI is InChI=1S/C27H29N7O2/c1-2-3-13-24-30-34(26(35)21-9-5-4-6-10-21)27(36)33(24)18-19-14-16-20(17-15-19)22-11-7-8-12-23(22)25-28-31-32-29-25/h2,7-8,11-12,14-17,21H,1,3-6,9-10,13,18H2,(H,28,29,31,32). The number of benzene rings is 2. The second kappa shape index (κ2) is 10.6. The first-order valence-corrected chi connectivity index (χ1v) is 12.4. The number of hydrogen-bond acceptors (Lipinski definition) is 6. The Balaban J connectivity index is 1.42. The maximum absolute atomic E-state index is 13.3. The van der Waals surface area contributed by atoms with E-state index >= 15 is 0 Å². The van der Waals surface area contributed by atoms with Crippen LogP contribution in [-0.2, 0) is 13.0 Å². The molecule has 0 spiro atoms. The van der Waals surface area contributed by atoms with Gasteiger partial charge in [0.15, 0.2) is 0 Å². The monoisotopic (exact) mass is 483 g/mol. The fourth-order valence-corrected chi connectivity index (χ4v) is 4.86. The van der Waals surface area contributed by atoms with Gasteiger partial charge in [-0.25, -0.2) is 4.79 Å². The summed E-state index contributed by atoms with van der Waals surface area (Å²) < 4.78 is 2.72. The molecule has 1 saturated carbocycles. The van der Waals surface area contributed by atoms with Gasteiger partial charge in [-0.3, -0.25) is 9.36 Å². The molecule has 0 radical (unpaired) electrons. The highest BCUT2D eigenvalue weighted by atomic mass is 16.2. The maximum Gasteiger partial charge on any atom is 0.353 e. The number of carbonyl (C=O) groups is 1. The predicted octanol–water partition coefficient (Wildman–Crippen LogP) is 4.28. The highest BCUT2D eigenvalue weighted by Gasteiger charge is 2.27. The largest absolute Gasteiger partial charge is 0.353 e. The molecule has 2 heterocycles. The molecule has 9 heteroatoms. The summed E-state index contributed by atoms with van der Waals surface area (Å²) in [7, 11) is 0. The fourth-order valence-electron chi connectivity index (χ4n) is 4.86. The number of nitrogens with one attached hydrogen (secondary N) is 1. The zero-order valence-corrected chi connectivity index (χ0v) is 20.1. The topological polar surface area (TPSA) is 111 Å². The van der Waals surface area contributed by atoms with Gasteiger partial charge in [0.1, 0.15) is 5.82 Å². The number of carbonyl (C=O) groups excluding carboxylic acids is 1.